The number of anilines is 1. The van der Waals surface area contributed by atoms with E-state index < -0.39 is 0 Å². The molecular weight excluding hydrogens is 268 g/mol. The van der Waals surface area contributed by atoms with Gasteiger partial charge < -0.3 is 20.1 Å². The maximum absolute atomic E-state index is 12.8. The molecule has 0 bridgehead atoms. The molecule has 1 amide bonds. The summed E-state index contributed by atoms with van der Waals surface area (Å²) in [6.45, 7) is 4.83. The van der Waals surface area contributed by atoms with Crippen LogP contribution in [0.1, 0.15) is 37.0 Å². The van der Waals surface area contributed by atoms with Crippen LogP contribution in [0, 0.1) is 5.92 Å². The van der Waals surface area contributed by atoms with Crippen molar-refractivity contribution in [3.63, 3.8) is 0 Å². The summed E-state index contributed by atoms with van der Waals surface area (Å²) in [5.41, 5.74) is 6.89. The van der Waals surface area contributed by atoms with Crippen LogP contribution < -0.4 is 15.2 Å². The molecule has 116 valence electrons. The fourth-order valence-corrected chi connectivity index (χ4v) is 2.33. The summed E-state index contributed by atoms with van der Waals surface area (Å²) in [5.74, 6) is 1.60. The highest BCUT2D eigenvalue weighted by molar-refractivity contribution is 6.01. The second-order valence-corrected chi connectivity index (χ2v) is 5.79. The zero-order chi connectivity index (χ0) is 15.6. The van der Waals surface area contributed by atoms with Gasteiger partial charge in [-0.1, -0.05) is 0 Å². The summed E-state index contributed by atoms with van der Waals surface area (Å²) < 4.78 is 10.5. The molecule has 1 saturated carbocycles. The number of carbonyl (C=O) groups is 1. The first-order valence-corrected chi connectivity index (χ1v) is 7.30. The SMILES string of the molecule is COc1cc(OC)c(N)c(C(=O)N(CC2CC2)C(C)C)c1. The number of nitrogens with zero attached hydrogens (tertiary/aromatic N) is 1. The van der Waals surface area contributed by atoms with Crippen LogP contribution in [0.3, 0.4) is 0 Å². The quantitative estimate of drug-likeness (QED) is 0.818. The van der Waals surface area contributed by atoms with Gasteiger partial charge in [0, 0.05) is 18.7 Å². The van der Waals surface area contributed by atoms with E-state index in [0.717, 1.165) is 6.54 Å². The van der Waals surface area contributed by atoms with Gasteiger partial charge in [-0.05, 0) is 38.7 Å². The number of nitrogen functional groups attached to an aromatic ring is 1. The van der Waals surface area contributed by atoms with Crippen molar-refractivity contribution < 1.29 is 14.3 Å². The van der Waals surface area contributed by atoms with E-state index in [-0.39, 0.29) is 11.9 Å². The Morgan fingerprint density at radius 2 is 2.00 bits per heavy atom. The first kappa shape index (κ1) is 15.5. The molecule has 21 heavy (non-hydrogen) atoms. The van der Waals surface area contributed by atoms with Crippen LogP contribution in [0.15, 0.2) is 12.1 Å². The zero-order valence-corrected chi connectivity index (χ0v) is 13.2. The van der Waals surface area contributed by atoms with Gasteiger partial charge in [0.15, 0.2) is 0 Å². The molecule has 0 radical (unpaired) electrons. The van der Waals surface area contributed by atoms with E-state index >= 15 is 0 Å². The second-order valence-electron chi connectivity index (χ2n) is 5.79. The molecule has 0 aliphatic heterocycles. The summed E-state index contributed by atoms with van der Waals surface area (Å²) >= 11 is 0. The highest BCUT2D eigenvalue weighted by Gasteiger charge is 2.30. The lowest BCUT2D eigenvalue weighted by molar-refractivity contribution is 0.0696. The maximum Gasteiger partial charge on any atom is 0.256 e. The minimum absolute atomic E-state index is 0.0633. The topological polar surface area (TPSA) is 64.8 Å². The Bertz CT molecular complexity index is 524. The zero-order valence-electron chi connectivity index (χ0n) is 13.2. The van der Waals surface area contributed by atoms with Gasteiger partial charge >= 0.3 is 0 Å². The third-order valence-electron chi connectivity index (χ3n) is 3.84. The Balaban J connectivity index is 2.35. The molecule has 2 rings (SSSR count). The van der Waals surface area contributed by atoms with Crippen molar-refractivity contribution in [3.05, 3.63) is 17.7 Å². The molecule has 5 nitrogen and oxygen atoms in total. The molecule has 0 aromatic heterocycles. The minimum atomic E-state index is -0.0633. The highest BCUT2D eigenvalue weighted by Crippen LogP contribution is 2.34. The second kappa shape index (κ2) is 6.24. The molecule has 1 aliphatic carbocycles. The first-order chi connectivity index (χ1) is 9.97. The molecule has 1 aliphatic rings. The molecule has 0 unspecified atom stereocenters. The lowest BCUT2D eigenvalue weighted by Gasteiger charge is -2.27. The lowest BCUT2D eigenvalue weighted by Crippen LogP contribution is -2.38. The summed E-state index contributed by atoms with van der Waals surface area (Å²) in [6, 6.07) is 3.50. The van der Waals surface area contributed by atoms with Crippen LogP contribution in [0.5, 0.6) is 11.5 Å². The number of hydrogen-bond donors (Lipinski definition) is 1. The summed E-state index contributed by atoms with van der Waals surface area (Å²) in [7, 11) is 3.09. The summed E-state index contributed by atoms with van der Waals surface area (Å²) in [4.78, 5) is 14.7. The van der Waals surface area contributed by atoms with Crippen molar-refractivity contribution in [1.29, 1.82) is 0 Å². The van der Waals surface area contributed by atoms with Gasteiger partial charge in [0.25, 0.3) is 5.91 Å². The van der Waals surface area contributed by atoms with Crippen LogP contribution in [0.25, 0.3) is 0 Å². The normalized spacial score (nSPS) is 14.1. The van der Waals surface area contributed by atoms with Crippen LogP contribution in [0.2, 0.25) is 0 Å². The van der Waals surface area contributed by atoms with Gasteiger partial charge in [0.1, 0.15) is 11.5 Å². The van der Waals surface area contributed by atoms with Crippen molar-refractivity contribution in [1.82, 2.24) is 4.90 Å². The predicted octanol–water partition coefficient (Wildman–Crippen LogP) is 2.55. The molecule has 0 atom stereocenters. The van der Waals surface area contributed by atoms with E-state index in [1.54, 1.807) is 19.2 Å². The van der Waals surface area contributed by atoms with E-state index in [1.807, 2.05) is 18.7 Å². The van der Waals surface area contributed by atoms with Crippen LogP contribution in [0.4, 0.5) is 5.69 Å². The number of amides is 1. The Morgan fingerprint density at radius 3 is 2.48 bits per heavy atom. The largest absolute Gasteiger partial charge is 0.497 e. The van der Waals surface area contributed by atoms with Gasteiger partial charge in [-0.2, -0.15) is 0 Å². The van der Waals surface area contributed by atoms with Crippen molar-refractivity contribution in [2.24, 2.45) is 5.92 Å². The van der Waals surface area contributed by atoms with E-state index in [1.165, 1.54) is 20.0 Å². The van der Waals surface area contributed by atoms with Crippen LogP contribution >= 0.6 is 0 Å². The van der Waals surface area contributed by atoms with Crippen molar-refractivity contribution in [2.75, 3.05) is 26.5 Å². The Labute approximate surface area is 126 Å². The molecule has 1 aromatic rings. The number of ether oxygens (including phenoxy) is 2. The van der Waals surface area contributed by atoms with Crippen LogP contribution in [-0.4, -0.2) is 37.6 Å². The standard InChI is InChI=1S/C16H24N2O3/c1-10(2)18(9-11-5-6-11)16(19)13-7-12(20-3)8-14(21-4)15(13)17/h7-8,10-11H,5-6,9,17H2,1-4H3. The molecule has 0 heterocycles. The van der Waals surface area contributed by atoms with Gasteiger partial charge in [-0.25, -0.2) is 0 Å². The Hall–Kier alpha value is -1.91. The molecule has 5 heteroatoms. The van der Waals surface area contributed by atoms with E-state index in [4.69, 9.17) is 15.2 Å². The van der Waals surface area contributed by atoms with Gasteiger partial charge in [-0.15, -0.1) is 0 Å². The molecule has 0 spiro atoms. The first-order valence-electron chi connectivity index (χ1n) is 7.30. The average Bonchev–Trinajstić information content (AvgIpc) is 3.28. The summed E-state index contributed by atoms with van der Waals surface area (Å²) in [6.07, 6.45) is 2.40. The molecule has 1 fully saturated rings. The third kappa shape index (κ3) is 3.40. The van der Waals surface area contributed by atoms with Crippen LogP contribution in [-0.2, 0) is 0 Å². The average molecular weight is 292 g/mol. The lowest BCUT2D eigenvalue weighted by atomic mass is 10.1. The predicted molar refractivity (Wildman–Crippen MR) is 82.9 cm³/mol. The molecule has 0 saturated heterocycles. The molecule has 1 aromatic carbocycles. The van der Waals surface area contributed by atoms with Gasteiger partial charge in [0.2, 0.25) is 0 Å². The fraction of sp³-hybridized carbons (Fsp3) is 0.562. The maximum atomic E-state index is 12.8. The fourth-order valence-electron chi connectivity index (χ4n) is 2.33. The summed E-state index contributed by atoms with van der Waals surface area (Å²) in [5, 5.41) is 0. The van der Waals surface area contributed by atoms with E-state index in [9.17, 15) is 4.79 Å². The number of rotatable bonds is 6. The minimum Gasteiger partial charge on any atom is -0.497 e. The van der Waals surface area contributed by atoms with Crippen molar-refractivity contribution >= 4 is 11.6 Å². The number of carbonyl (C=O) groups excluding carboxylic acids is 1. The molecular formula is C16H24N2O3. The Kier molecular flexibility index (Phi) is 4.60. The van der Waals surface area contributed by atoms with Gasteiger partial charge in [0.05, 0.1) is 25.5 Å². The Morgan fingerprint density at radius 1 is 1.33 bits per heavy atom. The van der Waals surface area contributed by atoms with E-state index in [2.05, 4.69) is 0 Å². The molecule has 2 N–H and O–H groups in total. The van der Waals surface area contributed by atoms with E-state index in [0.29, 0.717) is 28.7 Å². The highest BCUT2D eigenvalue weighted by atomic mass is 16.5. The number of methoxy groups -OCH3 is 2. The number of hydrogen-bond acceptors (Lipinski definition) is 4. The van der Waals surface area contributed by atoms with Crippen molar-refractivity contribution in [3.8, 4) is 11.5 Å². The number of benzene rings is 1. The smallest absolute Gasteiger partial charge is 0.256 e. The number of nitrogens with two attached hydrogens (primary N) is 1. The third-order valence-corrected chi connectivity index (χ3v) is 3.84. The van der Waals surface area contributed by atoms with Crippen molar-refractivity contribution in [2.45, 2.75) is 32.7 Å². The van der Waals surface area contributed by atoms with Gasteiger partial charge in [-0.3, -0.25) is 4.79 Å². The monoisotopic (exact) mass is 292 g/mol.